The Hall–Kier alpha value is -2.06. The van der Waals surface area contributed by atoms with Gasteiger partial charge in [-0.05, 0) is 19.4 Å². The second-order valence-electron chi connectivity index (χ2n) is 5.93. The molecule has 1 saturated heterocycles. The molecule has 0 bridgehead atoms. The summed E-state index contributed by atoms with van der Waals surface area (Å²) >= 11 is 1.69. The minimum atomic E-state index is 0.514. The zero-order valence-corrected chi connectivity index (χ0v) is 13.9. The highest BCUT2D eigenvalue weighted by atomic mass is 32.1. The van der Waals surface area contributed by atoms with E-state index in [0.717, 1.165) is 35.9 Å². The molecule has 1 atom stereocenters. The van der Waals surface area contributed by atoms with Crippen molar-refractivity contribution in [1.29, 1.82) is 0 Å². The van der Waals surface area contributed by atoms with Gasteiger partial charge in [0.25, 0.3) is 0 Å². The molecule has 1 aliphatic heterocycles. The maximum absolute atomic E-state index is 4.78. The van der Waals surface area contributed by atoms with Crippen LogP contribution in [-0.2, 0) is 20.1 Å². The Balaban J connectivity index is 1.44. The molecule has 0 radical (unpaired) electrons. The maximum Gasteiger partial charge on any atom is 0.137 e. The van der Waals surface area contributed by atoms with Crippen LogP contribution in [0.4, 0.5) is 0 Å². The summed E-state index contributed by atoms with van der Waals surface area (Å²) in [5, 5.41) is 11.6. The topological polar surface area (TPSA) is 64.7 Å². The van der Waals surface area contributed by atoms with Gasteiger partial charge in [-0.3, -0.25) is 14.3 Å². The lowest BCUT2D eigenvalue weighted by Gasteiger charge is -2.23. The standard InChI is InChI=1S/C15H19N7S/c1-20-6-12(5-17-20)15-19-13(9-23-15)7-21-4-2-3-14(21)8-22-11-16-10-18-22/h5-6,9-11,14H,2-4,7-8H2,1H3/t14-/m1/s1. The summed E-state index contributed by atoms with van der Waals surface area (Å²) in [6, 6.07) is 0.514. The number of thiazole rings is 1. The van der Waals surface area contributed by atoms with Crippen molar-refractivity contribution in [2.24, 2.45) is 7.05 Å². The second kappa shape index (κ2) is 6.21. The molecule has 120 valence electrons. The van der Waals surface area contributed by atoms with Crippen LogP contribution in [0.2, 0.25) is 0 Å². The van der Waals surface area contributed by atoms with Gasteiger partial charge in [0, 0.05) is 36.8 Å². The SMILES string of the molecule is Cn1cc(-c2nc(CN3CCC[C@@H]3Cn3cncn3)cs2)cn1. The number of likely N-dealkylation sites (tertiary alicyclic amines) is 1. The number of hydrogen-bond acceptors (Lipinski definition) is 6. The van der Waals surface area contributed by atoms with Crippen molar-refractivity contribution in [2.45, 2.75) is 32.0 Å². The molecular formula is C15H19N7S. The Bertz CT molecular complexity index is 760. The molecule has 4 heterocycles. The van der Waals surface area contributed by atoms with Gasteiger partial charge < -0.3 is 0 Å². The van der Waals surface area contributed by atoms with Gasteiger partial charge in [-0.15, -0.1) is 11.3 Å². The molecule has 0 aromatic carbocycles. The Labute approximate surface area is 138 Å². The van der Waals surface area contributed by atoms with Crippen LogP contribution in [0.1, 0.15) is 18.5 Å². The third kappa shape index (κ3) is 3.18. The molecule has 8 heteroatoms. The van der Waals surface area contributed by atoms with E-state index in [1.807, 2.05) is 28.8 Å². The van der Waals surface area contributed by atoms with Crippen molar-refractivity contribution >= 4 is 11.3 Å². The van der Waals surface area contributed by atoms with Gasteiger partial charge >= 0.3 is 0 Å². The monoisotopic (exact) mass is 329 g/mol. The van der Waals surface area contributed by atoms with E-state index in [4.69, 9.17) is 4.98 Å². The van der Waals surface area contributed by atoms with Gasteiger partial charge in [0.1, 0.15) is 17.7 Å². The molecule has 0 amide bonds. The zero-order chi connectivity index (χ0) is 15.6. The van der Waals surface area contributed by atoms with E-state index < -0.39 is 0 Å². The van der Waals surface area contributed by atoms with Crippen LogP contribution in [0, 0.1) is 0 Å². The molecule has 0 N–H and O–H groups in total. The van der Waals surface area contributed by atoms with Crippen LogP contribution in [0.25, 0.3) is 10.6 Å². The molecule has 7 nitrogen and oxygen atoms in total. The fraction of sp³-hybridized carbons (Fsp3) is 0.467. The van der Waals surface area contributed by atoms with Gasteiger partial charge in [0.15, 0.2) is 0 Å². The zero-order valence-electron chi connectivity index (χ0n) is 13.0. The van der Waals surface area contributed by atoms with Gasteiger partial charge in [-0.2, -0.15) is 10.2 Å². The smallest absolute Gasteiger partial charge is 0.137 e. The Morgan fingerprint density at radius 3 is 3.09 bits per heavy atom. The number of rotatable bonds is 5. The first-order valence-electron chi connectivity index (χ1n) is 7.78. The van der Waals surface area contributed by atoms with Crippen molar-refractivity contribution in [3.63, 3.8) is 0 Å². The van der Waals surface area contributed by atoms with Crippen LogP contribution in [-0.4, -0.2) is 47.0 Å². The number of hydrogen-bond donors (Lipinski definition) is 0. The molecule has 23 heavy (non-hydrogen) atoms. The van der Waals surface area contributed by atoms with Crippen LogP contribution < -0.4 is 0 Å². The first kappa shape index (κ1) is 14.5. The molecule has 4 rings (SSSR count). The molecule has 1 aliphatic rings. The summed E-state index contributed by atoms with van der Waals surface area (Å²) < 4.78 is 3.73. The fourth-order valence-corrected chi connectivity index (χ4v) is 3.89. The second-order valence-corrected chi connectivity index (χ2v) is 6.79. The van der Waals surface area contributed by atoms with Crippen LogP contribution >= 0.6 is 11.3 Å². The predicted octanol–water partition coefficient (Wildman–Crippen LogP) is 1.80. The molecule has 1 fully saturated rings. The quantitative estimate of drug-likeness (QED) is 0.714. The Morgan fingerprint density at radius 1 is 1.35 bits per heavy atom. The van der Waals surface area contributed by atoms with E-state index in [9.17, 15) is 0 Å². The van der Waals surface area contributed by atoms with Crippen molar-refractivity contribution in [3.05, 3.63) is 36.1 Å². The molecule has 0 aliphatic carbocycles. The van der Waals surface area contributed by atoms with Gasteiger partial charge in [0.2, 0.25) is 0 Å². The van der Waals surface area contributed by atoms with Gasteiger partial charge in [0.05, 0.1) is 18.4 Å². The molecule has 0 spiro atoms. The van der Waals surface area contributed by atoms with Crippen molar-refractivity contribution in [3.8, 4) is 10.6 Å². The number of aromatic nitrogens is 6. The van der Waals surface area contributed by atoms with Crippen LogP contribution in [0.3, 0.4) is 0 Å². The molecule has 3 aromatic heterocycles. The summed E-state index contributed by atoms with van der Waals surface area (Å²) in [4.78, 5) is 11.3. The average Bonchev–Trinajstić information content (AvgIpc) is 3.29. The molecule has 3 aromatic rings. The number of nitrogens with zero attached hydrogens (tertiary/aromatic N) is 7. The van der Waals surface area contributed by atoms with Gasteiger partial charge in [-0.1, -0.05) is 0 Å². The first-order valence-corrected chi connectivity index (χ1v) is 8.66. The van der Waals surface area contributed by atoms with Crippen molar-refractivity contribution < 1.29 is 0 Å². The minimum absolute atomic E-state index is 0.514. The number of aryl methyl sites for hydroxylation is 1. The van der Waals surface area contributed by atoms with E-state index in [1.165, 1.54) is 12.8 Å². The minimum Gasteiger partial charge on any atom is -0.293 e. The van der Waals surface area contributed by atoms with Crippen molar-refractivity contribution in [1.82, 2.24) is 34.4 Å². The summed E-state index contributed by atoms with van der Waals surface area (Å²) in [7, 11) is 1.93. The summed E-state index contributed by atoms with van der Waals surface area (Å²) in [6.07, 6.45) is 9.70. The Morgan fingerprint density at radius 2 is 2.30 bits per heavy atom. The molecule has 0 unspecified atom stereocenters. The lowest BCUT2D eigenvalue weighted by molar-refractivity contribution is 0.217. The third-order valence-corrected chi connectivity index (χ3v) is 5.17. The Kier molecular flexibility index (Phi) is 3.92. The highest BCUT2D eigenvalue weighted by molar-refractivity contribution is 7.13. The van der Waals surface area contributed by atoms with E-state index >= 15 is 0 Å². The van der Waals surface area contributed by atoms with E-state index in [0.29, 0.717) is 6.04 Å². The summed E-state index contributed by atoms with van der Waals surface area (Å²) in [5.74, 6) is 0. The fourth-order valence-electron chi connectivity index (χ4n) is 3.10. The van der Waals surface area contributed by atoms with E-state index in [-0.39, 0.29) is 0 Å². The highest BCUT2D eigenvalue weighted by Gasteiger charge is 2.25. The summed E-state index contributed by atoms with van der Waals surface area (Å²) in [6.45, 7) is 2.93. The van der Waals surface area contributed by atoms with Crippen LogP contribution in [0.15, 0.2) is 30.4 Å². The summed E-state index contributed by atoms with van der Waals surface area (Å²) in [5.41, 5.74) is 2.23. The lowest BCUT2D eigenvalue weighted by atomic mass is 10.2. The predicted molar refractivity (Wildman–Crippen MR) is 87.8 cm³/mol. The maximum atomic E-state index is 4.78. The molecule has 0 saturated carbocycles. The highest BCUT2D eigenvalue weighted by Crippen LogP contribution is 2.26. The van der Waals surface area contributed by atoms with Crippen molar-refractivity contribution in [2.75, 3.05) is 6.54 Å². The van der Waals surface area contributed by atoms with E-state index in [1.54, 1.807) is 24.0 Å². The normalized spacial score (nSPS) is 18.7. The van der Waals surface area contributed by atoms with Crippen LogP contribution in [0.5, 0.6) is 0 Å². The van der Waals surface area contributed by atoms with Gasteiger partial charge in [-0.25, -0.2) is 9.97 Å². The average molecular weight is 329 g/mol. The largest absolute Gasteiger partial charge is 0.293 e. The van der Waals surface area contributed by atoms with E-state index in [2.05, 4.69) is 25.5 Å². The molecular weight excluding hydrogens is 310 g/mol. The first-order chi connectivity index (χ1) is 11.3. The third-order valence-electron chi connectivity index (χ3n) is 4.23. The lowest BCUT2D eigenvalue weighted by Crippen LogP contribution is -2.32.